The lowest BCUT2D eigenvalue weighted by atomic mass is 9.99. The van der Waals surface area contributed by atoms with E-state index in [-0.39, 0.29) is 11.8 Å². The van der Waals surface area contributed by atoms with Crippen LogP contribution in [0.15, 0.2) is 69.5 Å². The second-order valence-corrected chi connectivity index (χ2v) is 6.53. The van der Waals surface area contributed by atoms with Crippen molar-refractivity contribution in [2.24, 2.45) is 0 Å². The van der Waals surface area contributed by atoms with Gasteiger partial charge in [-0.05, 0) is 23.3 Å². The third-order valence-corrected chi connectivity index (χ3v) is 4.71. The maximum atomic E-state index is 11.2. The number of oxazole rings is 2. The maximum absolute atomic E-state index is 11.2. The molecule has 0 radical (unpaired) electrons. The van der Waals surface area contributed by atoms with Crippen LogP contribution in [0.1, 0.15) is 21.4 Å². The number of aromatic carboxylic acids is 2. The van der Waals surface area contributed by atoms with Gasteiger partial charge in [-0.2, -0.15) is 0 Å². The molecule has 0 fully saturated rings. The number of fused-ring (bicyclic) bond motifs is 2. The molecule has 146 valence electrons. The Morgan fingerprint density at radius 2 is 1.03 bits per heavy atom. The summed E-state index contributed by atoms with van der Waals surface area (Å²) < 4.78 is 10.6. The van der Waals surface area contributed by atoms with Gasteiger partial charge in [0.05, 0.1) is 0 Å². The van der Waals surface area contributed by atoms with Crippen molar-refractivity contribution in [3.8, 4) is 22.3 Å². The lowest BCUT2D eigenvalue weighted by Crippen LogP contribution is -1.95. The zero-order chi connectivity index (χ0) is 20.8. The minimum Gasteiger partial charge on any atom is -0.474 e. The molecule has 30 heavy (non-hydrogen) atoms. The Morgan fingerprint density at radius 3 is 1.40 bits per heavy atom. The summed E-state index contributed by atoms with van der Waals surface area (Å²) in [5, 5.41) is 18.3. The van der Waals surface area contributed by atoms with E-state index < -0.39 is 11.9 Å². The lowest BCUT2D eigenvalue weighted by molar-refractivity contribution is 0.0647. The number of nitrogens with zero attached hydrogens (tertiary/aromatic N) is 2. The van der Waals surface area contributed by atoms with Gasteiger partial charge in [0.1, 0.15) is 11.0 Å². The fraction of sp³-hybridized carbons (Fsp3) is 0. The number of rotatable bonds is 4. The molecule has 2 N–H and O–H groups in total. The molecule has 0 unspecified atom stereocenters. The Labute approximate surface area is 168 Å². The standard InChI is InChI=1S/C22H12N2O6/c25-21(26)19-23-17-13(3-1-5-15(17)29-19)11-7-9-12(10-8-11)14-4-2-6-16-18(14)24-20(30-16)22(27)28/h1-10H,(H,25,26)(H,27,28). The Kier molecular flexibility index (Phi) is 3.85. The molecule has 2 heterocycles. The summed E-state index contributed by atoms with van der Waals surface area (Å²) in [6.07, 6.45) is 0. The highest BCUT2D eigenvalue weighted by atomic mass is 16.4. The molecular formula is C22H12N2O6. The van der Waals surface area contributed by atoms with E-state index in [1.54, 1.807) is 24.3 Å². The van der Waals surface area contributed by atoms with Crippen LogP contribution >= 0.6 is 0 Å². The van der Waals surface area contributed by atoms with E-state index in [4.69, 9.17) is 19.0 Å². The third kappa shape index (κ3) is 2.78. The molecular weight excluding hydrogens is 388 g/mol. The molecule has 5 aromatic rings. The number of hydrogen-bond acceptors (Lipinski definition) is 6. The van der Waals surface area contributed by atoms with E-state index in [2.05, 4.69) is 9.97 Å². The van der Waals surface area contributed by atoms with Crippen LogP contribution in [0.25, 0.3) is 44.5 Å². The number of carboxylic acids is 2. The van der Waals surface area contributed by atoms with Crippen molar-refractivity contribution in [3.63, 3.8) is 0 Å². The molecule has 3 aromatic carbocycles. The van der Waals surface area contributed by atoms with Gasteiger partial charge < -0.3 is 19.0 Å². The summed E-state index contributed by atoms with van der Waals surface area (Å²) in [6, 6.07) is 18.0. The maximum Gasteiger partial charge on any atom is 0.392 e. The largest absolute Gasteiger partial charge is 0.474 e. The summed E-state index contributed by atoms with van der Waals surface area (Å²) >= 11 is 0. The van der Waals surface area contributed by atoms with Crippen molar-refractivity contribution in [2.75, 3.05) is 0 Å². The van der Waals surface area contributed by atoms with Crippen LogP contribution in [0.3, 0.4) is 0 Å². The summed E-state index contributed by atoms with van der Waals surface area (Å²) in [5.74, 6) is -3.18. The molecule has 0 saturated heterocycles. The Morgan fingerprint density at radius 1 is 0.633 bits per heavy atom. The molecule has 2 aromatic heterocycles. The van der Waals surface area contributed by atoms with Crippen molar-refractivity contribution >= 4 is 34.1 Å². The number of hydrogen-bond donors (Lipinski definition) is 2. The van der Waals surface area contributed by atoms with E-state index in [0.717, 1.165) is 22.3 Å². The van der Waals surface area contributed by atoms with E-state index in [9.17, 15) is 9.59 Å². The Hall–Kier alpha value is -4.46. The number of benzene rings is 3. The predicted octanol–water partition coefficient (Wildman–Crippen LogP) is 4.70. The zero-order valence-electron chi connectivity index (χ0n) is 15.2. The summed E-state index contributed by atoms with van der Waals surface area (Å²) in [6.45, 7) is 0. The van der Waals surface area contributed by atoms with Gasteiger partial charge in [0.2, 0.25) is 0 Å². The highest BCUT2D eigenvalue weighted by Gasteiger charge is 2.17. The normalized spacial score (nSPS) is 11.2. The van der Waals surface area contributed by atoms with Crippen LogP contribution < -0.4 is 0 Å². The molecule has 8 nitrogen and oxygen atoms in total. The van der Waals surface area contributed by atoms with Gasteiger partial charge in [-0.25, -0.2) is 19.6 Å². The van der Waals surface area contributed by atoms with Crippen molar-refractivity contribution in [3.05, 3.63) is 72.4 Å². The summed E-state index contributed by atoms with van der Waals surface area (Å²) in [5.41, 5.74) is 4.84. The van der Waals surface area contributed by atoms with Gasteiger partial charge in [0.15, 0.2) is 11.2 Å². The highest BCUT2D eigenvalue weighted by Crippen LogP contribution is 2.33. The molecule has 0 aliphatic heterocycles. The number of carbonyl (C=O) groups is 2. The van der Waals surface area contributed by atoms with Crippen LogP contribution in [0.5, 0.6) is 0 Å². The molecule has 0 saturated carbocycles. The van der Waals surface area contributed by atoms with Gasteiger partial charge >= 0.3 is 23.7 Å². The predicted molar refractivity (Wildman–Crippen MR) is 106 cm³/mol. The van der Waals surface area contributed by atoms with E-state index in [1.165, 1.54) is 0 Å². The smallest absolute Gasteiger partial charge is 0.392 e. The molecule has 5 rings (SSSR count). The van der Waals surface area contributed by atoms with Crippen LogP contribution in [-0.4, -0.2) is 32.1 Å². The monoisotopic (exact) mass is 400 g/mol. The minimum absolute atomic E-state index is 0.360. The average molecular weight is 400 g/mol. The summed E-state index contributed by atoms with van der Waals surface area (Å²) in [7, 11) is 0. The molecule has 0 amide bonds. The number of aromatic nitrogens is 2. The topological polar surface area (TPSA) is 127 Å². The second-order valence-electron chi connectivity index (χ2n) is 6.53. The molecule has 8 heteroatoms. The molecule has 0 spiro atoms. The molecule has 0 aliphatic rings. The first-order valence-corrected chi connectivity index (χ1v) is 8.88. The summed E-state index contributed by atoms with van der Waals surface area (Å²) in [4.78, 5) is 30.5. The number of carboxylic acid groups (broad SMARTS) is 2. The van der Waals surface area contributed by atoms with E-state index in [1.807, 2.05) is 36.4 Å². The lowest BCUT2D eigenvalue weighted by Gasteiger charge is -2.06. The van der Waals surface area contributed by atoms with Gasteiger partial charge in [-0.15, -0.1) is 0 Å². The molecule has 0 aliphatic carbocycles. The van der Waals surface area contributed by atoms with E-state index in [0.29, 0.717) is 22.2 Å². The Balaban J connectivity index is 1.59. The van der Waals surface area contributed by atoms with Crippen molar-refractivity contribution < 1.29 is 28.6 Å². The fourth-order valence-corrected chi connectivity index (χ4v) is 3.38. The second kappa shape index (κ2) is 6.56. The van der Waals surface area contributed by atoms with Crippen molar-refractivity contribution in [1.82, 2.24) is 9.97 Å². The van der Waals surface area contributed by atoms with Crippen LogP contribution in [0.4, 0.5) is 0 Å². The van der Waals surface area contributed by atoms with Crippen LogP contribution in [0.2, 0.25) is 0 Å². The zero-order valence-corrected chi connectivity index (χ0v) is 15.2. The fourth-order valence-electron chi connectivity index (χ4n) is 3.38. The number of para-hydroxylation sites is 2. The highest BCUT2D eigenvalue weighted by molar-refractivity contribution is 5.96. The first kappa shape index (κ1) is 17.6. The minimum atomic E-state index is -1.23. The molecule has 0 bridgehead atoms. The van der Waals surface area contributed by atoms with Gasteiger partial charge in [-0.3, -0.25) is 0 Å². The van der Waals surface area contributed by atoms with E-state index >= 15 is 0 Å². The van der Waals surface area contributed by atoms with Crippen molar-refractivity contribution in [2.45, 2.75) is 0 Å². The van der Waals surface area contributed by atoms with Gasteiger partial charge in [0, 0.05) is 11.1 Å². The van der Waals surface area contributed by atoms with Gasteiger partial charge in [0.25, 0.3) is 0 Å². The SMILES string of the molecule is O=C(O)c1nc2c(-c3ccc(-c4cccc5oc(C(=O)O)nc45)cc3)cccc2o1. The molecule has 0 atom stereocenters. The van der Waals surface area contributed by atoms with Crippen molar-refractivity contribution in [1.29, 1.82) is 0 Å². The average Bonchev–Trinajstić information content (AvgIpc) is 3.38. The quantitative estimate of drug-likeness (QED) is 0.444. The third-order valence-electron chi connectivity index (χ3n) is 4.71. The van der Waals surface area contributed by atoms with Crippen LogP contribution in [-0.2, 0) is 0 Å². The van der Waals surface area contributed by atoms with Gasteiger partial charge in [-0.1, -0.05) is 48.5 Å². The Bertz CT molecular complexity index is 1340. The first-order chi connectivity index (χ1) is 14.5. The van der Waals surface area contributed by atoms with Crippen LogP contribution in [0, 0.1) is 0 Å². The first-order valence-electron chi connectivity index (χ1n) is 8.88.